The minimum atomic E-state index is -4.33. The summed E-state index contributed by atoms with van der Waals surface area (Å²) in [5.74, 6) is 0.389. The largest absolute Gasteiger partial charge is 0.445 e. The van der Waals surface area contributed by atoms with Gasteiger partial charge in [0.1, 0.15) is 12.0 Å². The van der Waals surface area contributed by atoms with Crippen LogP contribution in [0.5, 0.6) is 0 Å². The van der Waals surface area contributed by atoms with Gasteiger partial charge in [0.2, 0.25) is 5.89 Å². The Morgan fingerprint density at radius 1 is 1.23 bits per heavy atom. The van der Waals surface area contributed by atoms with Crippen LogP contribution < -0.4 is 5.32 Å². The molecule has 1 aliphatic heterocycles. The third-order valence-corrected chi connectivity index (χ3v) is 3.94. The van der Waals surface area contributed by atoms with E-state index in [1.54, 1.807) is 12.2 Å². The first-order valence-corrected chi connectivity index (χ1v) is 8.13. The molecule has 8 heteroatoms. The number of nitrogens with one attached hydrogen (secondary N) is 1. The monoisotopic (exact) mass is 388 g/mol. The molecule has 1 aromatic carbocycles. The summed E-state index contributed by atoms with van der Waals surface area (Å²) in [4.78, 5) is 4.29. The Morgan fingerprint density at radius 2 is 2.00 bits per heavy atom. The third kappa shape index (κ3) is 5.86. The Morgan fingerprint density at radius 3 is 2.65 bits per heavy atom. The number of piperidine rings is 1. The van der Waals surface area contributed by atoms with Crippen LogP contribution in [0.25, 0.3) is 12.2 Å². The van der Waals surface area contributed by atoms with E-state index in [1.165, 1.54) is 18.4 Å². The van der Waals surface area contributed by atoms with E-state index in [9.17, 15) is 13.2 Å². The molecule has 0 radical (unpaired) electrons. The fraction of sp³-hybridized carbons (Fsp3) is 0.389. The van der Waals surface area contributed by atoms with Crippen LogP contribution in [0.15, 0.2) is 34.9 Å². The summed E-state index contributed by atoms with van der Waals surface area (Å²) in [6.45, 7) is 2.26. The Balaban J connectivity index is 0.00000243. The third-order valence-electron chi connectivity index (χ3n) is 3.94. The maximum atomic E-state index is 12.5. The van der Waals surface area contributed by atoms with Crippen LogP contribution >= 0.6 is 12.4 Å². The van der Waals surface area contributed by atoms with Crippen molar-refractivity contribution in [1.82, 2.24) is 10.3 Å². The van der Waals surface area contributed by atoms with Crippen LogP contribution in [0.1, 0.15) is 35.6 Å². The first kappa shape index (κ1) is 20.5. The minimum Gasteiger partial charge on any atom is -0.445 e. The molecule has 1 aromatic heterocycles. The SMILES string of the molecule is Cl.FC(F)(F)c1ccc(/C=C/c2nc(COC3CCCNC3)co2)cc1. The molecular weight excluding hydrogens is 369 g/mol. The van der Waals surface area contributed by atoms with Gasteiger partial charge in [-0.1, -0.05) is 12.1 Å². The van der Waals surface area contributed by atoms with Crippen LogP contribution in [0, 0.1) is 0 Å². The summed E-state index contributed by atoms with van der Waals surface area (Å²) in [6.07, 6.45) is 2.80. The van der Waals surface area contributed by atoms with Gasteiger partial charge in [0, 0.05) is 12.6 Å². The molecule has 26 heavy (non-hydrogen) atoms. The number of alkyl halides is 3. The number of hydrogen-bond acceptors (Lipinski definition) is 4. The number of hydrogen-bond donors (Lipinski definition) is 1. The molecule has 1 unspecified atom stereocenters. The maximum Gasteiger partial charge on any atom is 0.416 e. The molecule has 1 aliphatic rings. The van der Waals surface area contributed by atoms with Crippen molar-refractivity contribution < 1.29 is 22.3 Å². The molecule has 1 saturated heterocycles. The highest BCUT2D eigenvalue weighted by molar-refractivity contribution is 5.85. The molecule has 3 rings (SSSR count). The Labute approximate surface area is 155 Å². The maximum absolute atomic E-state index is 12.5. The van der Waals surface area contributed by atoms with Gasteiger partial charge < -0.3 is 14.5 Å². The van der Waals surface area contributed by atoms with E-state index in [0.29, 0.717) is 23.8 Å². The second-order valence-electron chi connectivity index (χ2n) is 5.91. The van der Waals surface area contributed by atoms with E-state index in [1.807, 2.05) is 0 Å². The average Bonchev–Trinajstić information content (AvgIpc) is 3.07. The second-order valence-corrected chi connectivity index (χ2v) is 5.91. The van der Waals surface area contributed by atoms with Crippen molar-refractivity contribution in [2.24, 2.45) is 0 Å². The predicted molar refractivity (Wildman–Crippen MR) is 94.8 cm³/mol. The van der Waals surface area contributed by atoms with Gasteiger partial charge in [-0.25, -0.2) is 4.98 Å². The summed E-state index contributed by atoms with van der Waals surface area (Å²) in [6, 6.07) is 4.91. The first-order chi connectivity index (χ1) is 12.0. The Kier molecular flexibility index (Phi) is 7.25. The molecule has 4 nitrogen and oxygen atoms in total. The van der Waals surface area contributed by atoms with Crippen molar-refractivity contribution in [3.63, 3.8) is 0 Å². The first-order valence-electron chi connectivity index (χ1n) is 8.13. The van der Waals surface area contributed by atoms with Gasteiger partial charge in [-0.2, -0.15) is 13.2 Å². The number of benzene rings is 1. The van der Waals surface area contributed by atoms with Gasteiger partial charge in [0.05, 0.1) is 18.3 Å². The van der Waals surface area contributed by atoms with Gasteiger partial charge in [-0.3, -0.25) is 0 Å². The number of halogens is 4. The van der Waals surface area contributed by atoms with Crippen molar-refractivity contribution in [2.45, 2.75) is 31.7 Å². The molecule has 0 amide bonds. The lowest BCUT2D eigenvalue weighted by Gasteiger charge is -2.22. The number of rotatable bonds is 5. The molecular formula is C18H20ClF3N2O2. The zero-order valence-electron chi connectivity index (χ0n) is 14.0. The quantitative estimate of drug-likeness (QED) is 0.816. The molecule has 0 bridgehead atoms. The minimum absolute atomic E-state index is 0. The lowest BCUT2D eigenvalue weighted by molar-refractivity contribution is -0.137. The average molecular weight is 389 g/mol. The number of nitrogens with zero attached hydrogens (tertiary/aromatic N) is 1. The number of aromatic nitrogens is 1. The molecule has 2 aromatic rings. The van der Waals surface area contributed by atoms with Crippen molar-refractivity contribution in [3.8, 4) is 0 Å². The lowest BCUT2D eigenvalue weighted by atomic mass is 10.1. The summed E-state index contributed by atoms with van der Waals surface area (Å²) in [5, 5.41) is 3.28. The molecule has 0 spiro atoms. The lowest BCUT2D eigenvalue weighted by Crippen LogP contribution is -2.35. The van der Waals surface area contributed by atoms with Crippen molar-refractivity contribution in [1.29, 1.82) is 0 Å². The predicted octanol–water partition coefficient (Wildman–Crippen LogP) is 4.55. The summed E-state index contributed by atoms with van der Waals surface area (Å²) < 4.78 is 48.7. The molecule has 1 N–H and O–H groups in total. The highest BCUT2D eigenvalue weighted by atomic mass is 35.5. The summed E-state index contributed by atoms with van der Waals surface area (Å²) in [7, 11) is 0. The normalized spacial score (nSPS) is 18.0. The van der Waals surface area contributed by atoms with E-state index in [-0.39, 0.29) is 18.5 Å². The van der Waals surface area contributed by atoms with E-state index >= 15 is 0 Å². The number of ether oxygens (including phenoxy) is 1. The summed E-state index contributed by atoms with van der Waals surface area (Å²) in [5.41, 5.74) is 0.660. The smallest absolute Gasteiger partial charge is 0.416 e. The van der Waals surface area contributed by atoms with Gasteiger partial charge in [-0.15, -0.1) is 12.4 Å². The fourth-order valence-corrected chi connectivity index (χ4v) is 2.58. The van der Waals surface area contributed by atoms with Crippen molar-refractivity contribution in [3.05, 3.63) is 53.2 Å². The zero-order valence-corrected chi connectivity index (χ0v) is 14.8. The van der Waals surface area contributed by atoms with E-state index in [4.69, 9.17) is 9.15 Å². The molecule has 0 saturated carbocycles. The van der Waals surface area contributed by atoms with Gasteiger partial charge in [0.25, 0.3) is 0 Å². The van der Waals surface area contributed by atoms with Gasteiger partial charge in [-0.05, 0) is 43.2 Å². The van der Waals surface area contributed by atoms with Crippen LogP contribution in [0.4, 0.5) is 13.2 Å². The fourth-order valence-electron chi connectivity index (χ4n) is 2.58. The van der Waals surface area contributed by atoms with Crippen LogP contribution in [-0.2, 0) is 17.5 Å². The van der Waals surface area contributed by atoms with E-state index in [2.05, 4.69) is 10.3 Å². The van der Waals surface area contributed by atoms with Crippen LogP contribution in [0.2, 0.25) is 0 Å². The zero-order chi connectivity index (χ0) is 17.7. The van der Waals surface area contributed by atoms with E-state index < -0.39 is 11.7 Å². The van der Waals surface area contributed by atoms with Crippen molar-refractivity contribution >= 4 is 24.6 Å². The van der Waals surface area contributed by atoms with Gasteiger partial charge >= 0.3 is 6.18 Å². The topological polar surface area (TPSA) is 47.3 Å². The Hall–Kier alpha value is -1.83. The standard InChI is InChI=1S/C18H19F3N2O2.ClH/c19-18(20,21)14-6-3-13(4-7-14)5-8-17-23-15(12-25-17)11-24-16-2-1-9-22-10-16;/h3-8,12,16,22H,1-2,9-11H2;1H/b8-5+;. The van der Waals surface area contributed by atoms with E-state index in [0.717, 1.165) is 38.1 Å². The highest BCUT2D eigenvalue weighted by Gasteiger charge is 2.29. The molecule has 1 atom stereocenters. The number of oxazole rings is 1. The second kappa shape index (κ2) is 9.21. The van der Waals surface area contributed by atoms with Crippen molar-refractivity contribution in [2.75, 3.05) is 13.1 Å². The molecule has 0 aliphatic carbocycles. The molecule has 142 valence electrons. The molecule has 2 heterocycles. The summed E-state index contributed by atoms with van der Waals surface area (Å²) >= 11 is 0. The molecule has 1 fully saturated rings. The van der Waals surface area contributed by atoms with Crippen LogP contribution in [0.3, 0.4) is 0 Å². The Bertz CT molecular complexity index is 708. The van der Waals surface area contributed by atoms with Gasteiger partial charge in [0.15, 0.2) is 0 Å². The van der Waals surface area contributed by atoms with Crippen LogP contribution in [-0.4, -0.2) is 24.2 Å². The highest BCUT2D eigenvalue weighted by Crippen LogP contribution is 2.29.